The maximum atomic E-state index is 11.9. The second kappa shape index (κ2) is 7.02. The third-order valence-corrected chi connectivity index (χ3v) is 3.58. The summed E-state index contributed by atoms with van der Waals surface area (Å²) in [5.74, 6) is 0.486. The predicted molar refractivity (Wildman–Crippen MR) is 93.2 cm³/mol. The van der Waals surface area contributed by atoms with E-state index in [0.717, 1.165) is 10.0 Å². The number of carbonyl (C=O) groups is 1. The van der Waals surface area contributed by atoms with E-state index in [1.165, 1.54) is 6.08 Å². The maximum Gasteiger partial charge on any atom is 0.248 e. The van der Waals surface area contributed by atoms with Crippen molar-refractivity contribution in [1.82, 2.24) is 14.8 Å². The molecule has 1 N–H and O–H groups in total. The minimum absolute atomic E-state index is 0.207. The van der Waals surface area contributed by atoms with E-state index in [1.807, 2.05) is 36.5 Å². The quantitative estimate of drug-likeness (QED) is 0.714. The van der Waals surface area contributed by atoms with Crippen LogP contribution in [0.1, 0.15) is 5.56 Å². The Balaban J connectivity index is 1.62. The van der Waals surface area contributed by atoms with Crippen LogP contribution in [0, 0.1) is 0 Å². The molecular weight excluding hydrogens is 356 g/mol. The van der Waals surface area contributed by atoms with Crippen LogP contribution in [0.2, 0.25) is 0 Å². The highest BCUT2D eigenvalue weighted by Gasteiger charge is 2.01. The van der Waals surface area contributed by atoms with Crippen molar-refractivity contribution in [2.75, 3.05) is 5.32 Å². The molecule has 0 unspecified atom stereocenters. The number of carbonyl (C=O) groups excluding carboxylic acids is 1. The van der Waals surface area contributed by atoms with E-state index in [-0.39, 0.29) is 5.91 Å². The molecule has 6 heteroatoms. The van der Waals surface area contributed by atoms with Crippen molar-refractivity contribution in [2.45, 2.75) is 0 Å². The molecule has 2 heterocycles. The van der Waals surface area contributed by atoms with Crippen LogP contribution in [0.4, 0.5) is 5.69 Å². The highest BCUT2D eigenvalue weighted by atomic mass is 79.9. The third kappa shape index (κ3) is 4.14. The fourth-order valence-corrected chi connectivity index (χ4v) is 2.19. The van der Waals surface area contributed by atoms with Gasteiger partial charge in [0.25, 0.3) is 0 Å². The lowest BCUT2D eigenvalue weighted by Crippen LogP contribution is -2.08. The number of hydrogen-bond acceptors (Lipinski definition) is 3. The van der Waals surface area contributed by atoms with E-state index in [2.05, 4.69) is 31.3 Å². The number of nitrogens with one attached hydrogen (secondary N) is 1. The van der Waals surface area contributed by atoms with Crippen LogP contribution in [-0.2, 0) is 4.79 Å². The molecule has 0 saturated heterocycles. The number of halogens is 1. The van der Waals surface area contributed by atoms with Crippen LogP contribution in [0.5, 0.6) is 0 Å². The molecule has 0 aliphatic carbocycles. The van der Waals surface area contributed by atoms with Gasteiger partial charge in [-0.15, -0.1) is 0 Å². The lowest BCUT2D eigenvalue weighted by atomic mass is 10.2. The molecule has 0 atom stereocenters. The molecule has 3 aromatic rings. The third-order valence-electron chi connectivity index (χ3n) is 3.05. The summed E-state index contributed by atoms with van der Waals surface area (Å²) in [4.78, 5) is 16.2. The van der Waals surface area contributed by atoms with E-state index >= 15 is 0 Å². The summed E-state index contributed by atoms with van der Waals surface area (Å²) in [6.07, 6.45) is 8.34. The molecule has 1 amide bonds. The van der Waals surface area contributed by atoms with Gasteiger partial charge in [0.15, 0.2) is 5.82 Å². The van der Waals surface area contributed by atoms with Crippen molar-refractivity contribution >= 4 is 33.6 Å². The van der Waals surface area contributed by atoms with Crippen molar-refractivity contribution in [3.63, 3.8) is 0 Å². The first-order valence-corrected chi connectivity index (χ1v) is 7.71. The molecule has 5 nitrogen and oxygen atoms in total. The minimum Gasteiger partial charge on any atom is -0.321 e. The summed E-state index contributed by atoms with van der Waals surface area (Å²) < 4.78 is 2.65. The van der Waals surface area contributed by atoms with Gasteiger partial charge < -0.3 is 5.32 Å². The van der Waals surface area contributed by atoms with E-state index < -0.39 is 0 Å². The Morgan fingerprint density at radius 2 is 2.00 bits per heavy atom. The number of amides is 1. The second-order valence-electron chi connectivity index (χ2n) is 4.73. The van der Waals surface area contributed by atoms with E-state index in [1.54, 1.807) is 35.3 Å². The van der Waals surface area contributed by atoms with Crippen molar-refractivity contribution in [1.29, 1.82) is 0 Å². The fourth-order valence-electron chi connectivity index (χ4n) is 1.93. The van der Waals surface area contributed by atoms with Crippen molar-refractivity contribution in [2.24, 2.45) is 0 Å². The van der Waals surface area contributed by atoms with Crippen molar-refractivity contribution in [3.05, 3.63) is 77.2 Å². The lowest BCUT2D eigenvalue weighted by Gasteiger charge is -2.04. The lowest BCUT2D eigenvalue weighted by molar-refractivity contribution is -0.111. The standard InChI is InChI=1S/C17H13BrN4O/c18-14-5-2-13(3-6-14)4-9-17(23)21-15-7-8-16(19-12-15)22-11-1-10-20-22/h1-12H,(H,21,23)/b9-4+. The average molecular weight is 369 g/mol. The SMILES string of the molecule is O=C(/C=C/c1ccc(Br)cc1)Nc1ccc(-n2cccn2)nc1. The molecule has 0 saturated carbocycles. The van der Waals surface area contributed by atoms with Crippen LogP contribution in [0.25, 0.3) is 11.9 Å². The Kier molecular flexibility index (Phi) is 4.63. The Labute approximate surface area is 141 Å². The number of nitrogens with zero attached hydrogens (tertiary/aromatic N) is 3. The van der Waals surface area contributed by atoms with Crippen LogP contribution >= 0.6 is 15.9 Å². The molecule has 0 aliphatic heterocycles. The first kappa shape index (κ1) is 15.2. The van der Waals surface area contributed by atoms with E-state index in [0.29, 0.717) is 11.5 Å². The van der Waals surface area contributed by atoms with Gasteiger partial charge in [-0.05, 0) is 42.0 Å². The van der Waals surface area contributed by atoms with E-state index in [9.17, 15) is 4.79 Å². The molecule has 0 fully saturated rings. The molecule has 114 valence electrons. The molecule has 3 rings (SSSR count). The van der Waals surface area contributed by atoms with Gasteiger partial charge in [0, 0.05) is 22.9 Å². The zero-order valence-electron chi connectivity index (χ0n) is 12.1. The predicted octanol–water partition coefficient (Wildman–Crippen LogP) is 3.68. The zero-order chi connectivity index (χ0) is 16.1. The molecule has 23 heavy (non-hydrogen) atoms. The molecule has 2 aromatic heterocycles. The fraction of sp³-hybridized carbons (Fsp3) is 0. The second-order valence-corrected chi connectivity index (χ2v) is 5.65. The number of rotatable bonds is 4. The number of pyridine rings is 1. The van der Waals surface area contributed by atoms with Crippen molar-refractivity contribution < 1.29 is 4.79 Å². The highest BCUT2D eigenvalue weighted by Crippen LogP contribution is 2.12. The molecule has 1 aromatic carbocycles. The zero-order valence-corrected chi connectivity index (χ0v) is 13.6. The molecule has 0 spiro atoms. The molecular formula is C17H13BrN4O. The Morgan fingerprint density at radius 3 is 2.65 bits per heavy atom. The summed E-state index contributed by atoms with van der Waals surface area (Å²) in [7, 11) is 0. The number of benzene rings is 1. The molecule has 0 radical (unpaired) electrons. The summed E-state index contributed by atoms with van der Waals surface area (Å²) >= 11 is 3.37. The summed E-state index contributed by atoms with van der Waals surface area (Å²) in [5.41, 5.74) is 1.59. The van der Waals surface area contributed by atoms with Gasteiger partial charge in [-0.25, -0.2) is 9.67 Å². The van der Waals surface area contributed by atoms with Gasteiger partial charge in [-0.3, -0.25) is 4.79 Å². The Bertz CT molecular complexity index is 809. The number of aromatic nitrogens is 3. The first-order valence-electron chi connectivity index (χ1n) is 6.91. The van der Waals surface area contributed by atoms with E-state index in [4.69, 9.17) is 0 Å². The maximum absolute atomic E-state index is 11.9. The Hall–Kier alpha value is -2.73. The van der Waals surface area contributed by atoms with Crippen LogP contribution in [-0.4, -0.2) is 20.7 Å². The smallest absolute Gasteiger partial charge is 0.248 e. The van der Waals surface area contributed by atoms with Crippen LogP contribution in [0.3, 0.4) is 0 Å². The van der Waals surface area contributed by atoms with Gasteiger partial charge in [0.1, 0.15) is 0 Å². The highest BCUT2D eigenvalue weighted by molar-refractivity contribution is 9.10. The largest absolute Gasteiger partial charge is 0.321 e. The molecule has 0 aliphatic rings. The average Bonchev–Trinajstić information content (AvgIpc) is 3.09. The molecule has 0 bridgehead atoms. The van der Waals surface area contributed by atoms with Gasteiger partial charge in [-0.1, -0.05) is 28.1 Å². The normalized spacial score (nSPS) is 10.8. The van der Waals surface area contributed by atoms with Gasteiger partial charge in [0.05, 0.1) is 11.9 Å². The first-order chi connectivity index (χ1) is 11.2. The van der Waals surface area contributed by atoms with Gasteiger partial charge >= 0.3 is 0 Å². The summed E-state index contributed by atoms with van der Waals surface area (Å²) in [6.45, 7) is 0. The van der Waals surface area contributed by atoms with Crippen LogP contribution in [0.15, 0.2) is 71.6 Å². The summed E-state index contributed by atoms with van der Waals surface area (Å²) in [6, 6.07) is 13.1. The number of anilines is 1. The van der Waals surface area contributed by atoms with Crippen molar-refractivity contribution in [3.8, 4) is 5.82 Å². The minimum atomic E-state index is -0.207. The Morgan fingerprint density at radius 1 is 1.17 bits per heavy atom. The monoisotopic (exact) mass is 368 g/mol. The van der Waals surface area contributed by atoms with Gasteiger partial charge in [-0.2, -0.15) is 5.10 Å². The number of hydrogen-bond donors (Lipinski definition) is 1. The van der Waals surface area contributed by atoms with Gasteiger partial charge in [0.2, 0.25) is 5.91 Å². The topological polar surface area (TPSA) is 59.8 Å². The van der Waals surface area contributed by atoms with Crippen LogP contribution < -0.4 is 5.32 Å². The summed E-state index contributed by atoms with van der Waals surface area (Å²) in [5, 5.41) is 6.87.